The normalized spacial score (nSPS) is 30.1. The lowest BCUT2D eigenvalue weighted by atomic mass is 9.80. The van der Waals surface area contributed by atoms with Gasteiger partial charge < -0.3 is 5.32 Å². The van der Waals surface area contributed by atoms with Gasteiger partial charge in [0.2, 0.25) is 0 Å². The van der Waals surface area contributed by atoms with Gasteiger partial charge in [-0.15, -0.1) is 0 Å². The van der Waals surface area contributed by atoms with E-state index in [4.69, 9.17) is 0 Å². The first-order chi connectivity index (χ1) is 6.93. The molecule has 1 aliphatic carbocycles. The van der Waals surface area contributed by atoms with E-state index in [-0.39, 0.29) is 0 Å². The van der Waals surface area contributed by atoms with Gasteiger partial charge in [-0.1, -0.05) is 12.1 Å². The van der Waals surface area contributed by atoms with Gasteiger partial charge in [0.05, 0.1) is 0 Å². The lowest BCUT2D eigenvalue weighted by Crippen LogP contribution is -2.43. The third-order valence-corrected chi connectivity index (χ3v) is 3.24. The molecule has 1 aromatic rings. The highest BCUT2D eigenvalue weighted by Gasteiger charge is 2.28. The average molecular weight is 186 g/mol. The highest BCUT2D eigenvalue weighted by molar-refractivity contribution is 5.70. The molecule has 0 spiro atoms. The quantitative estimate of drug-likeness (QED) is 0.724. The predicted octanol–water partition coefficient (Wildman–Crippen LogP) is 1.85. The fourth-order valence-electron chi connectivity index (χ4n) is 2.49. The molecule has 1 fully saturated rings. The van der Waals surface area contributed by atoms with Crippen molar-refractivity contribution < 1.29 is 0 Å². The molecular formula is C12H14N2. The molecule has 14 heavy (non-hydrogen) atoms. The standard InChI is InChI=1S/C12H14N2/c1-2-10(8-13-5-1)11-6-9-3-4-12(11)14-7-9/h1-2,5-6,8-9,12,14H,3-4,7H2. The van der Waals surface area contributed by atoms with E-state index in [1.54, 1.807) is 0 Å². The molecule has 0 amide bonds. The maximum Gasteiger partial charge on any atom is 0.0343 e. The number of rotatable bonds is 1. The van der Waals surface area contributed by atoms with Crippen LogP contribution in [0.3, 0.4) is 0 Å². The number of aromatic nitrogens is 1. The van der Waals surface area contributed by atoms with Gasteiger partial charge in [-0.2, -0.15) is 0 Å². The molecule has 3 aliphatic rings. The van der Waals surface area contributed by atoms with Crippen LogP contribution in [0.1, 0.15) is 18.4 Å². The van der Waals surface area contributed by atoms with Gasteiger partial charge in [0, 0.05) is 25.0 Å². The van der Waals surface area contributed by atoms with Crippen LogP contribution in [-0.2, 0) is 0 Å². The number of nitrogens with one attached hydrogen (secondary N) is 1. The van der Waals surface area contributed by atoms with Crippen molar-refractivity contribution in [3.8, 4) is 0 Å². The summed E-state index contributed by atoms with van der Waals surface area (Å²) in [4.78, 5) is 4.17. The summed E-state index contributed by atoms with van der Waals surface area (Å²) < 4.78 is 0. The van der Waals surface area contributed by atoms with E-state index in [0.717, 1.165) is 12.5 Å². The molecule has 2 aliphatic heterocycles. The van der Waals surface area contributed by atoms with Crippen molar-refractivity contribution in [1.82, 2.24) is 10.3 Å². The number of pyridine rings is 1. The Labute approximate surface area is 84.1 Å². The van der Waals surface area contributed by atoms with E-state index < -0.39 is 0 Å². The highest BCUT2D eigenvalue weighted by atomic mass is 14.9. The molecule has 2 unspecified atom stereocenters. The van der Waals surface area contributed by atoms with E-state index in [9.17, 15) is 0 Å². The third kappa shape index (κ3) is 1.26. The number of fused-ring (bicyclic) bond motifs is 2. The molecule has 3 heterocycles. The molecule has 2 bridgehead atoms. The summed E-state index contributed by atoms with van der Waals surface area (Å²) in [6.45, 7) is 1.16. The van der Waals surface area contributed by atoms with Gasteiger partial charge in [-0.05, 0) is 36.0 Å². The Hall–Kier alpha value is -1.15. The first-order valence-corrected chi connectivity index (χ1v) is 5.29. The second-order valence-electron chi connectivity index (χ2n) is 4.16. The summed E-state index contributed by atoms with van der Waals surface area (Å²) in [7, 11) is 0. The summed E-state index contributed by atoms with van der Waals surface area (Å²) in [6.07, 6.45) is 8.86. The molecule has 72 valence electrons. The van der Waals surface area contributed by atoms with E-state index in [0.29, 0.717) is 6.04 Å². The topological polar surface area (TPSA) is 24.9 Å². The van der Waals surface area contributed by atoms with Crippen LogP contribution in [0.2, 0.25) is 0 Å². The van der Waals surface area contributed by atoms with Crippen molar-refractivity contribution in [2.24, 2.45) is 5.92 Å². The molecule has 1 N–H and O–H groups in total. The van der Waals surface area contributed by atoms with Crippen LogP contribution < -0.4 is 5.32 Å². The Kier molecular flexibility index (Phi) is 1.88. The van der Waals surface area contributed by atoms with Gasteiger partial charge in [-0.25, -0.2) is 0 Å². The van der Waals surface area contributed by atoms with Gasteiger partial charge in [0.1, 0.15) is 0 Å². The Balaban J connectivity index is 2.00. The monoisotopic (exact) mass is 186 g/mol. The first-order valence-electron chi connectivity index (χ1n) is 5.29. The van der Waals surface area contributed by atoms with Crippen LogP contribution in [0.5, 0.6) is 0 Å². The lowest BCUT2D eigenvalue weighted by molar-refractivity contribution is 0.373. The summed E-state index contributed by atoms with van der Waals surface area (Å²) >= 11 is 0. The molecule has 4 rings (SSSR count). The zero-order valence-electron chi connectivity index (χ0n) is 8.11. The molecule has 1 saturated heterocycles. The Morgan fingerprint density at radius 2 is 2.36 bits per heavy atom. The largest absolute Gasteiger partial charge is 0.309 e. The minimum absolute atomic E-state index is 0.573. The van der Waals surface area contributed by atoms with E-state index in [1.807, 2.05) is 18.5 Å². The van der Waals surface area contributed by atoms with Gasteiger partial charge in [0.25, 0.3) is 0 Å². The molecular weight excluding hydrogens is 172 g/mol. The number of hydrogen-bond acceptors (Lipinski definition) is 2. The second-order valence-corrected chi connectivity index (χ2v) is 4.16. The fraction of sp³-hybridized carbons (Fsp3) is 0.417. The number of nitrogens with zero attached hydrogens (tertiary/aromatic N) is 1. The van der Waals surface area contributed by atoms with Crippen LogP contribution >= 0.6 is 0 Å². The van der Waals surface area contributed by atoms with Crippen LogP contribution in [0.15, 0.2) is 30.6 Å². The summed E-state index contributed by atoms with van der Waals surface area (Å²) in [5.74, 6) is 0.746. The van der Waals surface area contributed by atoms with E-state index in [2.05, 4.69) is 22.4 Å². The summed E-state index contributed by atoms with van der Waals surface area (Å²) in [5.41, 5.74) is 2.75. The summed E-state index contributed by atoms with van der Waals surface area (Å²) in [5, 5.41) is 3.57. The molecule has 2 atom stereocenters. The fourth-order valence-corrected chi connectivity index (χ4v) is 2.49. The third-order valence-electron chi connectivity index (χ3n) is 3.24. The summed E-state index contributed by atoms with van der Waals surface area (Å²) in [6, 6.07) is 4.74. The van der Waals surface area contributed by atoms with Crippen LogP contribution in [-0.4, -0.2) is 17.6 Å². The van der Waals surface area contributed by atoms with Crippen LogP contribution in [0.25, 0.3) is 5.57 Å². The number of hydrogen-bond donors (Lipinski definition) is 1. The van der Waals surface area contributed by atoms with Crippen LogP contribution in [0.4, 0.5) is 0 Å². The van der Waals surface area contributed by atoms with Crippen molar-refractivity contribution in [3.05, 3.63) is 36.2 Å². The Morgan fingerprint density at radius 1 is 1.36 bits per heavy atom. The second kappa shape index (κ2) is 3.21. The zero-order valence-corrected chi connectivity index (χ0v) is 8.11. The molecule has 1 aromatic heterocycles. The highest BCUT2D eigenvalue weighted by Crippen LogP contribution is 2.33. The molecule has 0 radical (unpaired) electrons. The Bertz CT molecular complexity index is 348. The minimum Gasteiger partial charge on any atom is -0.309 e. The predicted molar refractivity (Wildman–Crippen MR) is 56.7 cm³/mol. The van der Waals surface area contributed by atoms with Crippen molar-refractivity contribution >= 4 is 5.57 Å². The van der Waals surface area contributed by atoms with Gasteiger partial charge in [-0.3, -0.25) is 4.98 Å². The smallest absolute Gasteiger partial charge is 0.0343 e. The van der Waals surface area contributed by atoms with E-state index >= 15 is 0 Å². The minimum atomic E-state index is 0.573. The maximum atomic E-state index is 4.17. The van der Waals surface area contributed by atoms with Crippen molar-refractivity contribution in [2.45, 2.75) is 18.9 Å². The maximum absolute atomic E-state index is 4.17. The van der Waals surface area contributed by atoms with Gasteiger partial charge >= 0.3 is 0 Å². The van der Waals surface area contributed by atoms with Crippen LogP contribution in [0, 0.1) is 5.92 Å². The zero-order chi connectivity index (χ0) is 9.38. The SMILES string of the molecule is C1=C(c2cccnc2)C2CCC1CN2. The van der Waals surface area contributed by atoms with Crippen molar-refractivity contribution in [1.29, 1.82) is 0 Å². The lowest BCUT2D eigenvalue weighted by Gasteiger charge is -2.36. The van der Waals surface area contributed by atoms with Gasteiger partial charge in [0.15, 0.2) is 0 Å². The van der Waals surface area contributed by atoms with Crippen molar-refractivity contribution in [2.75, 3.05) is 6.54 Å². The first kappa shape index (κ1) is 8.18. The molecule has 0 saturated carbocycles. The Morgan fingerprint density at radius 3 is 2.93 bits per heavy atom. The molecule has 2 heteroatoms. The number of piperidine rings is 1. The van der Waals surface area contributed by atoms with Crippen molar-refractivity contribution in [3.63, 3.8) is 0 Å². The average Bonchev–Trinajstić information content (AvgIpc) is 2.32. The van der Waals surface area contributed by atoms with E-state index in [1.165, 1.54) is 24.0 Å². The molecule has 2 nitrogen and oxygen atoms in total. The molecule has 0 aromatic carbocycles.